The Labute approximate surface area is 83.5 Å². The van der Waals surface area contributed by atoms with Crippen molar-refractivity contribution in [2.75, 3.05) is 0 Å². The Morgan fingerprint density at radius 1 is 1.15 bits per heavy atom. The standard InChI is InChI=1S/C10H20O.C2H6/c1-7(2)9-5-4-8(3)6-10(9)11;1-2/h7-11H,4-6H2,1-3H3;1-2H3/t8?,9-,10?;/m0./s1. The second kappa shape index (κ2) is 6.42. The van der Waals surface area contributed by atoms with Crippen LogP contribution in [0.3, 0.4) is 0 Å². The number of rotatable bonds is 1. The predicted octanol–water partition coefficient (Wildman–Crippen LogP) is 3.47. The van der Waals surface area contributed by atoms with Gasteiger partial charge in [-0.25, -0.2) is 0 Å². The summed E-state index contributed by atoms with van der Waals surface area (Å²) in [6.07, 6.45) is 3.52. The molecule has 0 aromatic rings. The average molecular weight is 186 g/mol. The highest BCUT2D eigenvalue weighted by atomic mass is 16.3. The zero-order chi connectivity index (χ0) is 10.4. The fourth-order valence-corrected chi connectivity index (χ4v) is 2.15. The van der Waals surface area contributed by atoms with Crippen molar-refractivity contribution in [3.05, 3.63) is 0 Å². The minimum Gasteiger partial charge on any atom is -0.393 e. The van der Waals surface area contributed by atoms with Crippen LogP contribution in [0.2, 0.25) is 0 Å². The lowest BCUT2D eigenvalue weighted by Gasteiger charge is -2.33. The maximum absolute atomic E-state index is 9.71. The summed E-state index contributed by atoms with van der Waals surface area (Å²) in [7, 11) is 0. The van der Waals surface area contributed by atoms with Crippen molar-refractivity contribution in [3.8, 4) is 0 Å². The maximum Gasteiger partial charge on any atom is 0.0573 e. The minimum atomic E-state index is -0.0289. The van der Waals surface area contributed by atoms with Gasteiger partial charge in [0, 0.05) is 0 Å². The molecule has 1 aliphatic rings. The molecule has 1 N–H and O–H groups in total. The number of hydrogen-bond acceptors (Lipinski definition) is 1. The summed E-state index contributed by atoms with van der Waals surface area (Å²) in [6, 6.07) is 0. The van der Waals surface area contributed by atoms with Gasteiger partial charge in [0.2, 0.25) is 0 Å². The molecule has 1 fully saturated rings. The van der Waals surface area contributed by atoms with Crippen molar-refractivity contribution in [1.29, 1.82) is 0 Å². The van der Waals surface area contributed by atoms with Crippen molar-refractivity contribution in [2.45, 2.75) is 60.0 Å². The molecule has 0 aromatic heterocycles. The van der Waals surface area contributed by atoms with Crippen molar-refractivity contribution in [3.63, 3.8) is 0 Å². The topological polar surface area (TPSA) is 20.2 Å². The summed E-state index contributed by atoms with van der Waals surface area (Å²) in [5.41, 5.74) is 0. The van der Waals surface area contributed by atoms with Crippen molar-refractivity contribution >= 4 is 0 Å². The Hall–Kier alpha value is -0.0400. The highest BCUT2D eigenvalue weighted by molar-refractivity contribution is 4.79. The Morgan fingerprint density at radius 3 is 2.08 bits per heavy atom. The Bertz CT molecular complexity index is 120. The highest BCUT2D eigenvalue weighted by Crippen LogP contribution is 2.33. The van der Waals surface area contributed by atoms with Crippen LogP contribution in [0.5, 0.6) is 0 Å². The zero-order valence-corrected chi connectivity index (χ0v) is 9.88. The molecule has 0 spiro atoms. The van der Waals surface area contributed by atoms with E-state index in [2.05, 4.69) is 20.8 Å². The molecule has 1 heteroatoms. The molecule has 0 amide bonds. The van der Waals surface area contributed by atoms with Crippen molar-refractivity contribution < 1.29 is 5.11 Å². The first-order valence-electron chi connectivity index (χ1n) is 5.79. The van der Waals surface area contributed by atoms with Gasteiger partial charge in [-0.15, -0.1) is 0 Å². The largest absolute Gasteiger partial charge is 0.393 e. The first-order chi connectivity index (χ1) is 6.11. The van der Waals surface area contributed by atoms with E-state index in [9.17, 15) is 5.11 Å². The molecule has 0 aromatic carbocycles. The molecule has 13 heavy (non-hydrogen) atoms. The lowest BCUT2D eigenvalue weighted by molar-refractivity contribution is 0.0266. The predicted molar refractivity (Wildman–Crippen MR) is 58.7 cm³/mol. The van der Waals surface area contributed by atoms with E-state index in [1.807, 2.05) is 13.8 Å². The Balaban J connectivity index is 0.000000671. The van der Waals surface area contributed by atoms with Crippen LogP contribution in [-0.2, 0) is 0 Å². The summed E-state index contributed by atoms with van der Waals surface area (Å²) in [5, 5.41) is 9.71. The number of hydrogen-bond donors (Lipinski definition) is 1. The van der Waals surface area contributed by atoms with E-state index in [4.69, 9.17) is 0 Å². The van der Waals surface area contributed by atoms with Gasteiger partial charge in [-0.05, 0) is 30.6 Å². The van der Waals surface area contributed by atoms with Gasteiger partial charge in [-0.1, -0.05) is 41.0 Å². The molecule has 0 saturated heterocycles. The van der Waals surface area contributed by atoms with Crippen LogP contribution >= 0.6 is 0 Å². The van der Waals surface area contributed by atoms with E-state index in [0.29, 0.717) is 11.8 Å². The molecule has 0 radical (unpaired) electrons. The molecule has 0 heterocycles. The van der Waals surface area contributed by atoms with Crippen LogP contribution in [0.1, 0.15) is 53.9 Å². The van der Waals surface area contributed by atoms with Crippen molar-refractivity contribution in [1.82, 2.24) is 0 Å². The molecule has 80 valence electrons. The van der Waals surface area contributed by atoms with Gasteiger partial charge >= 0.3 is 0 Å². The molecular weight excluding hydrogens is 160 g/mol. The smallest absolute Gasteiger partial charge is 0.0573 e. The van der Waals surface area contributed by atoms with E-state index in [0.717, 1.165) is 12.3 Å². The monoisotopic (exact) mass is 186 g/mol. The maximum atomic E-state index is 9.71. The van der Waals surface area contributed by atoms with E-state index < -0.39 is 0 Å². The number of aliphatic hydroxyl groups excluding tert-OH is 1. The minimum absolute atomic E-state index is 0.0289. The fourth-order valence-electron chi connectivity index (χ4n) is 2.15. The molecule has 1 rings (SSSR count). The second-order valence-corrected chi connectivity index (χ2v) is 4.39. The van der Waals surface area contributed by atoms with Gasteiger partial charge in [-0.3, -0.25) is 0 Å². The summed E-state index contributed by atoms with van der Waals surface area (Å²) in [4.78, 5) is 0. The molecule has 1 saturated carbocycles. The zero-order valence-electron chi connectivity index (χ0n) is 9.88. The summed E-state index contributed by atoms with van der Waals surface area (Å²) >= 11 is 0. The van der Waals surface area contributed by atoms with E-state index in [-0.39, 0.29) is 6.10 Å². The van der Waals surface area contributed by atoms with E-state index in [1.165, 1.54) is 12.8 Å². The van der Waals surface area contributed by atoms with Crippen LogP contribution in [0.4, 0.5) is 0 Å². The van der Waals surface area contributed by atoms with Gasteiger partial charge in [0.05, 0.1) is 6.10 Å². The highest BCUT2D eigenvalue weighted by Gasteiger charge is 2.28. The average Bonchev–Trinajstić information content (AvgIpc) is 2.07. The molecular formula is C12H26O. The van der Waals surface area contributed by atoms with Crippen LogP contribution in [0.25, 0.3) is 0 Å². The van der Waals surface area contributed by atoms with Gasteiger partial charge in [0.1, 0.15) is 0 Å². The summed E-state index contributed by atoms with van der Waals surface area (Å²) in [5.74, 6) is 1.95. The molecule has 3 atom stereocenters. The van der Waals surface area contributed by atoms with E-state index in [1.54, 1.807) is 0 Å². The quantitative estimate of drug-likeness (QED) is 0.665. The second-order valence-electron chi connectivity index (χ2n) is 4.39. The Kier molecular flexibility index (Phi) is 6.40. The molecule has 2 unspecified atom stereocenters. The van der Waals surface area contributed by atoms with Gasteiger partial charge in [0.15, 0.2) is 0 Å². The lowest BCUT2D eigenvalue weighted by atomic mass is 9.75. The SMILES string of the molecule is CC.CC1CC[C@@H](C(C)C)C(O)C1. The molecule has 0 aliphatic heterocycles. The van der Waals surface area contributed by atoms with Crippen LogP contribution in [0.15, 0.2) is 0 Å². The molecule has 1 aliphatic carbocycles. The van der Waals surface area contributed by atoms with Crippen LogP contribution in [-0.4, -0.2) is 11.2 Å². The third-order valence-corrected chi connectivity index (χ3v) is 2.99. The third-order valence-electron chi connectivity index (χ3n) is 2.99. The lowest BCUT2D eigenvalue weighted by Crippen LogP contribution is -2.31. The summed E-state index contributed by atoms with van der Waals surface area (Å²) in [6.45, 7) is 10.7. The number of aliphatic hydroxyl groups is 1. The first kappa shape index (κ1) is 13.0. The van der Waals surface area contributed by atoms with Crippen LogP contribution in [0, 0.1) is 17.8 Å². The van der Waals surface area contributed by atoms with Crippen LogP contribution < -0.4 is 0 Å². The summed E-state index contributed by atoms with van der Waals surface area (Å²) < 4.78 is 0. The van der Waals surface area contributed by atoms with Gasteiger partial charge in [0.25, 0.3) is 0 Å². The van der Waals surface area contributed by atoms with Gasteiger partial charge in [-0.2, -0.15) is 0 Å². The van der Waals surface area contributed by atoms with Crippen molar-refractivity contribution in [2.24, 2.45) is 17.8 Å². The Morgan fingerprint density at radius 2 is 1.69 bits per heavy atom. The molecule has 0 bridgehead atoms. The van der Waals surface area contributed by atoms with E-state index >= 15 is 0 Å². The third kappa shape index (κ3) is 4.12. The normalized spacial score (nSPS) is 33.9. The first-order valence-corrected chi connectivity index (χ1v) is 5.79. The van der Waals surface area contributed by atoms with Gasteiger partial charge < -0.3 is 5.11 Å². The molecule has 1 nitrogen and oxygen atoms in total. The fraction of sp³-hybridized carbons (Fsp3) is 1.00.